The molecule has 3 rings (SSSR count). The Bertz CT molecular complexity index is 661. The summed E-state index contributed by atoms with van der Waals surface area (Å²) >= 11 is 0. The molecule has 0 saturated heterocycles. The van der Waals surface area contributed by atoms with E-state index in [2.05, 4.69) is 18.8 Å². The van der Waals surface area contributed by atoms with E-state index in [0.29, 0.717) is 32.2 Å². The average Bonchev–Trinajstić information content (AvgIpc) is 2.55. The van der Waals surface area contributed by atoms with Gasteiger partial charge in [0.2, 0.25) is 0 Å². The lowest BCUT2D eigenvalue weighted by Gasteiger charge is -2.17. The van der Waals surface area contributed by atoms with Crippen LogP contribution < -0.4 is 0 Å². The number of rotatable bonds is 1. The Morgan fingerprint density at radius 2 is 1.42 bits per heavy atom. The summed E-state index contributed by atoms with van der Waals surface area (Å²) in [5.74, 6) is 0.295. The minimum Gasteiger partial charge on any atom is -0.507 e. The second-order valence-electron chi connectivity index (χ2n) is 6.46. The molecule has 1 aliphatic rings. The summed E-state index contributed by atoms with van der Waals surface area (Å²) in [7, 11) is 0. The third-order valence-corrected chi connectivity index (χ3v) is 4.47. The molecule has 0 saturated carbocycles. The van der Waals surface area contributed by atoms with E-state index >= 15 is 0 Å². The van der Waals surface area contributed by atoms with E-state index in [1.54, 1.807) is 0 Å². The number of nitrogens with zero attached hydrogens (tertiary/aromatic N) is 1. The third-order valence-electron chi connectivity index (χ3n) is 4.47. The molecule has 0 unspecified atom stereocenters. The van der Waals surface area contributed by atoms with Crippen molar-refractivity contribution in [3.63, 3.8) is 0 Å². The van der Waals surface area contributed by atoms with Crippen molar-refractivity contribution in [2.45, 2.75) is 46.3 Å². The van der Waals surface area contributed by atoms with Gasteiger partial charge in [0.25, 0.3) is 0 Å². The largest absolute Gasteiger partial charge is 0.507 e. The first-order valence-electron chi connectivity index (χ1n) is 8.58. The maximum atomic E-state index is 10.6. The first-order valence-corrected chi connectivity index (χ1v) is 8.58. The molecule has 0 amide bonds. The molecule has 0 atom stereocenters. The third kappa shape index (κ3) is 3.77. The van der Waals surface area contributed by atoms with E-state index in [4.69, 9.17) is 9.47 Å². The number of aryl methyl sites for hydroxylation is 2. The lowest BCUT2D eigenvalue weighted by Crippen LogP contribution is -2.04. The Hall–Kier alpha value is -1.91. The molecule has 4 heteroatoms. The standard InChI is InChI=1S/C20H25NO3/c1-14-10-21-11-15(2)19(14)16-8-17-12-23-6-4-3-5-7-24-13-18(9-16)20(17)22/h8-11,22H,3-7,12-13H2,1-2H3. The van der Waals surface area contributed by atoms with Gasteiger partial charge in [0, 0.05) is 36.7 Å². The van der Waals surface area contributed by atoms with E-state index in [9.17, 15) is 5.11 Å². The molecule has 24 heavy (non-hydrogen) atoms. The van der Waals surface area contributed by atoms with Crippen molar-refractivity contribution < 1.29 is 14.6 Å². The minimum absolute atomic E-state index is 0.295. The molecule has 0 spiro atoms. The summed E-state index contributed by atoms with van der Waals surface area (Å²) in [6.45, 7) is 6.41. The lowest BCUT2D eigenvalue weighted by atomic mass is 9.94. The van der Waals surface area contributed by atoms with Gasteiger partial charge in [-0.05, 0) is 67.5 Å². The summed E-state index contributed by atoms with van der Waals surface area (Å²) in [5.41, 5.74) is 6.14. The monoisotopic (exact) mass is 327 g/mol. The number of pyridine rings is 1. The van der Waals surface area contributed by atoms with E-state index in [1.807, 2.05) is 24.5 Å². The zero-order valence-electron chi connectivity index (χ0n) is 14.5. The van der Waals surface area contributed by atoms with Crippen molar-refractivity contribution in [3.8, 4) is 16.9 Å². The number of hydrogen-bond acceptors (Lipinski definition) is 4. The van der Waals surface area contributed by atoms with Crippen LogP contribution in [0.4, 0.5) is 0 Å². The summed E-state index contributed by atoms with van der Waals surface area (Å²) < 4.78 is 11.5. The van der Waals surface area contributed by atoms with Crippen LogP contribution in [0, 0.1) is 13.8 Å². The molecule has 1 aromatic heterocycles. The summed E-state index contributed by atoms with van der Waals surface area (Å²) in [4.78, 5) is 4.25. The number of benzene rings is 1. The van der Waals surface area contributed by atoms with Crippen LogP contribution >= 0.6 is 0 Å². The quantitative estimate of drug-likeness (QED) is 0.849. The number of phenolic OH excluding ortho intramolecular Hbond substituents is 1. The van der Waals surface area contributed by atoms with Crippen LogP contribution in [0.25, 0.3) is 11.1 Å². The normalized spacial score (nSPS) is 16.2. The molecule has 4 nitrogen and oxygen atoms in total. The van der Waals surface area contributed by atoms with Crippen molar-refractivity contribution in [1.29, 1.82) is 0 Å². The van der Waals surface area contributed by atoms with Gasteiger partial charge in [0.15, 0.2) is 0 Å². The van der Waals surface area contributed by atoms with Gasteiger partial charge in [0.05, 0.1) is 13.2 Å². The Morgan fingerprint density at radius 1 is 0.875 bits per heavy atom. The number of aromatic hydroxyl groups is 1. The highest BCUT2D eigenvalue weighted by atomic mass is 16.5. The fraction of sp³-hybridized carbons (Fsp3) is 0.450. The molecule has 0 aliphatic carbocycles. The predicted molar refractivity (Wildman–Crippen MR) is 94.0 cm³/mol. The van der Waals surface area contributed by atoms with Crippen LogP contribution in [-0.2, 0) is 22.7 Å². The fourth-order valence-electron chi connectivity index (χ4n) is 3.23. The second kappa shape index (κ2) is 7.77. The summed E-state index contributed by atoms with van der Waals surface area (Å²) in [6, 6.07) is 4.06. The summed E-state index contributed by atoms with van der Waals surface area (Å²) in [6.07, 6.45) is 6.92. The highest BCUT2D eigenvalue weighted by molar-refractivity contribution is 5.72. The van der Waals surface area contributed by atoms with Gasteiger partial charge in [-0.2, -0.15) is 0 Å². The highest BCUT2D eigenvalue weighted by Crippen LogP contribution is 2.34. The Labute approximate surface area is 143 Å². The van der Waals surface area contributed by atoms with Gasteiger partial charge in [-0.3, -0.25) is 4.98 Å². The van der Waals surface area contributed by atoms with Gasteiger partial charge in [-0.25, -0.2) is 0 Å². The van der Waals surface area contributed by atoms with Gasteiger partial charge in [-0.1, -0.05) is 0 Å². The van der Waals surface area contributed by atoms with Gasteiger partial charge < -0.3 is 14.6 Å². The number of phenols is 1. The van der Waals surface area contributed by atoms with Crippen LogP contribution in [0.2, 0.25) is 0 Å². The van der Waals surface area contributed by atoms with Gasteiger partial charge in [0.1, 0.15) is 5.75 Å². The smallest absolute Gasteiger partial charge is 0.126 e. The molecule has 0 radical (unpaired) electrons. The first-order chi connectivity index (χ1) is 11.7. The van der Waals surface area contributed by atoms with Gasteiger partial charge >= 0.3 is 0 Å². The molecule has 2 heterocycles. The SMILES string of the molecule is Cc1cncc(C)c1-c1cc2c(O)c(c1)COCCCCCOC2. The van der Waals surface area contributed by atoms with Crippen LogP contribution in [0.3, 0.4) is 0 Å². The van der Waals surface area contributed by atoms with Crippen molar-refractivity contribution in [3.05, 3.63) is 46.8 Å². The molecule has 1 aromatic carbocycles. The van der Waals surface area contributed by atoms with Crippen LogP contribution in [0.5, 0.6) is 5.75 Å². The van der Waals surface area contributed by atoms with Crippen LogP contribution in [0.1, 0.15) is 41.5 Å². The van der Waals surface area contributed by atoms with Crippen molar-refractivity contribution in [2.24, 2.45) is 0 Å². The molecule has 0 fully saturated rings. The number of hydrogen-bond donors (Lipinski definition) is 1. The molecule has 1 N–H and O–H groups in total. The van der Waals surface area contributed by atoms with E-state index < -0.39 is 0 Å². The minimum atomic E-state index is 0.295. The highest BCUT2D eigenvalue weighted by Gasteiger charge is 2.15. The van der Waals surface area contributed by atoms with Gasteiger partial charge in [-0.15, -0.1) is 0 Å². The Morgan fingerprint density at radius 3 is 1.96 bits per heavy atom. The molecule has 2 bridgehead atoms. The zero-order chi connectivity index (χ0) is 16.9. The molecular formula is C20H25NO3. The molecular weight excluding hydrogens is 302 g/mol. The maximum absolute atomic E-state index is 10.6. The number of ether oxygens (including phenoxy) is 2. The van der Waals surface area contributed by atoms with Crippen LogP contribution in [0.15, 0.2) is 24.5 Å². The van der Waals surface area contributed by atoms with Crippen molar-refractivity contribution in [1.82, 2.24) is 4.98 Å². The maximum Gasteiger partial charge on any atom is 0.126 e. The Balaban J connectivity index is 2.04. The number of fused-ring (bicyclic) bond motifs is 2. The molecule has 1 aliphatic heterocycles. The molecule has 2 aromatic rings. The van der Waals surface area contributed by atoms with E-state index in [-0.39, 0.29) is 0 Å². The fourth-order valence-corrected chi connectivity index (χ4v) is 3.23. The topological polar surface area (TPSA) is 51.6 Å². The van der Waals surface area contributed by atoms with Crippen LogP contribution in [-0.4, -0.2) is 23.3 Å². The zero-order valence-corrected chi connectivity index (χ0v) is 14.5. The van der Waals surface area contributed by atoms with E-state index in [1.165, 1.54) is 5.56 Å². The van der Waals surface area contributed by atoms with Crippen molar-refractivity contribution in [2.75, 3.05) is 13.2 Å². The molecule has 128 valence electrons. The number of aromatic nitrogens is 1. The summed E-state index contributed by atoms with van der Waals surface area (Å²) in [5, 5.41) is 10.6. The predicted octanol–water partition coefficient (Wildman–Crippen LogP) is 4.29. The average molecular weight is 327 g/mol. The second-order valence-corrected chi connectivity index (χ2v) is 6.46. The Kier molecular flexibility index (Phi) is 5.48. The first kappa shape index (κ1) is 16.9. The van der Waals surface area contributed by atoms with Crippen molar-refractivity contribution >= 4 is 0 Å². The van der Waals surface area contributed by atoms with E-state index in [0.717, 1.165) is 47.1 Å². The lowest BCUT2D eigenvalue weighted by molar-refractivity contribution is 0.0951.